The number of nitrogens with zero attached hydrogens (tertiary/aromatic N) is 1. The van der Waals surface area contributed by atoms with Crippen molar-refractivity contribution in [3.05, 3.63) is 83.4 Å². The zero-order valence-electron chi connectivity index (χ0n) is 28.4. The average Bonchev–Trinajstić information content (AvgIpc) is 3.10. The summed E-state index contributed by atoms with van der Waals surface area (Å²) in [5, 5.41) is 9.95. The van der Waals surface area contributed by atoms with Crippen LogP contribution in [0.1, 0.15) is 150 Å². The molecule has 0 saturated heterocycles. The summed E-state index contributed by atoms with van der Waals surface area (Å²) in [5.74, 6) is 2.15. The van der Waals surface area contributed by atoms with Gasteiger partial charge in [-0.15, -0.1) is 0 Å². The lowest BCUT2D eigenvalue weighted by Gasteiger charge is -2.29. The van der Waals surface area contributed by atoms with E-state index in [-0.39, 0.29) is 0 Å². The Morgan fingerprint density at radius 3 is 1.87 bits per heavy atom. The first-order valence-electron chi connectivity index (χ1n) is 18.2. The second-order valence-electron chi connectivity index (χ2n) is 13.2. The third kappa shape index (κ3) is 11.3. The molecule has 0 heterocycles. The van der Waals surface area contributed by atoms with Crippen LogP contribution in [-0.2, 0) is 0 Å². The highest BCUT2D eigenvalue weighted by Crippen LogP contribution is 2.39. The topological polar surface area (TPSA) is 59.3 Å². The van der Waals surface area contributed by atoms with E-state index in [1.807, 2.05) is 48.5 Å². The minimum absolute atomic E-state index is 0.397. The Labute approximate surface area is 278 Å². The fraction of sp³-hybridized carbons (Fsp3) is 0.524. The van der Waals surface area contributed by atoms with Gasteiger partial charge in [-0.1, -0.05) is 121 Å². The normalized spacial score (nSPS) is 16.1. The average molecular weight is 622 g/mol. The lowest BCUT2D eigenvalue weighted by Crippen LogP contribution is -2.15. The third-order valence-corrected chi connectivity index (χ3v) is 9.68. The molecule has 0 unspecified atom stereocenters. The number of ether oxygens (including phenoxy) is 2. The van der Waals surface area contributed by atoms with Crippen LogP contribution in [0.3, 0.4) is 0 Å². The SMILES string of the molecule is CCCCCCCCCC1CCC(c2ccc(C(=O)Oc3ccc(-c4ccc(OCCCCCCC)cc4)cc3)cc2C#N)CC1. The van der Waals surface area contributed by atoms with Gasteiger partial charge < -0.3 is 9.47 Å². The van der Waals surface area contributed by atoms with Crippen LogP contribution in [0.2, 0.25) is 0 Å². The molecule has 4 nitrogen and oxygen atoms in total. The van der Waals surface area contributed by atoms with Gasteiger partial charge in [0.1, 0.15) is 11.5 Å². The first kappa shape index (κ1) is 35.3. The fourth-order valence-corrected chi connectivity index (χ4v) is 6.81. The van der Waals surface area contributed by atoms with Crippen molar-refractivity contribution in [1.82, 2.24) is 0 Å². The standard InChI is InChI=1S/C42H55NO3/c1-3-5-7-9-10-11-13-15-33-16-18-36(19-17-33)41-29-24-37(31-38(41)32-43)42(44)46-40-27-22-35(23-28-40)34-20-25-39(26-21-34)45-30-14-12-8-6-4-2/h20-29,31,33,36H,3-19,30H2,1-2H3. The molecule has 246 valence electrons. The van der Waals surface area contributed by atoms with Crippen molar-refractivity contribution in [2.24, 2.45) is 5.92 Å². The van der Waals surface area contributed by atoms with Crippen LogP contribution < -0.4 is 9.47 Å². The van der Waals surface area contributed by atoms with Gasteiger partial charge in [0.25, 0.3) is 0 Å². The maximum Gasteiger partial charge on any atom is 0.343 e. The molecule has 0 spiro atoms. The van der Waals surface area contributed by atoms with E-state index in [2.05, 4.69) is 32.0 Å². The third-order valence-electron chi connectivity index (χ3n) is 9.68. The summed E-state index contributed by atoms with van der Waals surface area (Å²) in [6.45, 7) is 5.25. The summed E-state index contributed by atoms with van der Waals surface area (Å²) in [6, 6.07) is 23.6. The molecule has 1 fully saturated rings. The molecule has 1 aliphatic rings. The number of rotatable bonds is 19. The van der Waals surface area contributed by atoms with Gasteiger partial charge in [-0.25, -0.2) is 4.79 Å². The quantitative estimate of drug-likeness (QED) is 0.0759. The van der Waals surface area contributed by atoms with Gasteiger partial charge >= 0.3 is 5.97 Å². The first-order valence-corrected chi connectivity index (χ1v) is 18.2. The van der Waals surface area contributed by atoms with Gasteiger partial charge in [0, 0.05) is 0 Å². The van der Waals surface area contributed by atoms with E-state index in [4.69, 9.17) is 9.47 Å². The molecular weight excluding hydrogens is 566 g/mol. The number of unbranched alkanes of at least 4 members (excludes halogenated alkanes) is 10. The van der Waals surface area contributed by atoms with Crippen molar-refractivity contribution in [2.75, 3.05) is 6.61 Å². The van der Waals surface area contributed by atoms with Crippen molar-refractivity contribution >= 4 is 5.97 Å². The summed E-state index contributed by atoms with van der Waals surface area (Å²) in [5.41, 5.74) is 4.22. The van der Waals surface area contributed by atoms with E-state index in [0.717, 1.165) is 54.2 Å². The van der Waals surface area contributed by atoms with Crippen LogP contribution in [0.5, 0.6) is 11.5 Å². The largest absolute Gasteiger partial charge is 0.494 e. The predicted octanol–water partition coefficient (Wildman–Crippen LogP) is 12.2. The number of benzene rings is 3. The van der Waals surface area contributed by atoms with Gasteiger partial charge in [0.2, 0.25) is 0 Å². The van der Waals surface area contributed by atoms with E-state index in [1.165, 1.54) is 89.9 Å². The zero-order valence-corrected chi connectivity index (χ0v) is 28.4. The second kappa shape index (κ2) is 19.8. The van der Waals surface area contributed by atoms with Crippen molar-refractivity contribution < 1.29 is 14.3 Å². The van der Waals surface area contributed by atoms with Gasteiger partial charge in [-0.2, -0.15) is 5.26 Å². The molecular formula is C42H55NO3. The van der Waals surface area contributed by atoms with Crippen LogP contribution in [0.4, 0.5) is 0 Å². The molecule has 3 aromatic carbocycles. The molecule has 0 N–H and O–H groups in total. The fourth-order valence-electron chi connectivity index (χ4n) is 6.81. The minimum Gasteiger partial charge on any atom is -0.494 e. The molecule has 46 heavy (non-hydrogen) atoms. The maximum absolute atomic E-state index is 13.0. The Morgan fingerprint density at radius 2 is 1.26 bits per heavy atom. The highest BCUT2D eigenvalue weighted by Gasteiger charge is 2.25. The number of carbonyl (C=O) groups is 1. The molecule has 0 aliphatic heterocycles. The molecule has 3 aromatic rings. The van der Waals surface area contributed by atoms with Crippen LogP contribution in [0.25, 0.3) is 11.1 Å². The Balaban J connectivity index is 1.23. The van der Waals surface area contributed by atoms with Crippen LogP contribution in [-0.4, -0.2) is 12.6 Å². The molecule has 0 radical (unpaired) electrons. The molecule has 0 amide bonds. The first-order chi connectivity index (χ1) is 22.6. The number of esters is 1. The Kier molecular flexibility index (Phi) is 15.2. The highest BCUT2D eigenvalue weighted by atomic mass is 16.5. The van der Waals surface area contributed by atoms with Gasteiger partial charge in [-0.3, -0.25) is 0 Å². The van der Waals surface area contributed by atoms with Crippen molar-refractivity contribution in [3.63, 3.8) is 0 Å². The number of nitriles is 1. The van der Waals surface area contributed by atoms with Crippen LogP contribution >= 0.6 is 0 Å². The number of hydrogen-bond donors (Lipinski definition) is 0. The summed E-state index contributed by atoms with van der Waals surface area (Å²) in [4.78, 5) is 13.0. The Morgan fingerprint density at radius 1 is 0.696 bits per heavy atom. The summed E-state index contributed by atoms with van der Waals surface area (Å²) >= 11 is 0. The smallest absolute Gasteiger partial charge is 0.343 e. The minimum atomic E-state index is -0.439. The molecule has 1 aliphatic carbocycles. The van der Waals surface area contributed by atoms with Crippen LogP contribution in [0, 0.1) is 17.2 Å². The van der Waals surface area contributed by atoms with Crippen LogP contribution in [0.15, 0.2) is 66.7 Å². The Hall–Kier alpha value is -3.58. The molecule has 4 heteroatoms. The van der Waals surface area contributed by atoms with E-state index in [0.29, 0.717) is 22.8 Å². The van der Waals surface area contributed by atoms with E-state index in [9.17, 15) is 10.1 Å². The van der Waals surface area contributed by atoms with E-state index < -0.39 is 5.97 Å². The maximum atomic E-state index is 13.0. The van der Waals surface area contributed by atoms with Crippen molar-refractivity contribution in [3.8, 4) is 28.7 Å². The van der Waals surface area contributed by atoms with Crippen molar-refractivity contribution in [2.45, 2.75) is 129 Å². The lowest BCUT2D eigenvalue weighted by molar-refractivity contribution is 0.0734. The highest BCUT2D eigenvalue weighted by molar-refractivity contribution is 5.91. The molecule has 0 bridgehead atoms. The van der Waals surface area contributed by atoms with Gasteiger partial charge in [0.05, 0.1) is 23.8 Å². The molecule has 4 rings (SSSR count). The summed E-state index contributed by atoms with van der Waals surface area (Å²) in [6.07, 6.45) is 21.8. The summed E-state index contributed by atoms with van der Waals surface area (Å²) < 4.78 is 11.6. The molecule has 0 aromatic heterocycles. The zero-order chi connectivity index (χ0) is 32.4. The number of carbonyl (C=O) groups excluding carboxylic acids is 1. The Bertz CT molecular complexity index is 1350. The van der Waals surface area contributed by atoms with Gasteiger partial charge in [-0.05, 0) is 97.0 Å². The molecule has 1 saturated carbocycles. The van der Waals surface area contributed by atoms with E-state index in [1.54, 1.807) is 6.07 Å². The second-order valence-corrected chi connectivity index (χ2v) is 13.2. The summed E-state index contributed by atoms with van der Waals surface area (Å²) in [7, 11) is 0. The van der Waals surface area contributed by atoms with Crippen molar-refractivity contribution in [1.29, 1.82) is 5.26 Å². The lowest BCUT2D eigenvalue weighted by atomic mass is 9.76. The van der Waals surface area contributed by atoms with E-state index >= 15 is 0 Å². The monoisotopic (exact) mass is 621 g/mol. The molecule has 0 atom stereocenters. The number of hydrogen-bond acceptors (Lipinski definition) is 4. The predicted molar refractivity (Wildman–Crippen MR) is 190 cm³/mol. The van der Waals surface area contributed by atoms with Gasteiger partial charge in [0.15, 0.2) is 0 Å².